The highest BCUT2D eigenvalue weighted by Gasteiger charge is 2.04. The molecule has 0 saturated carbocycles. The van der Waals surface area contributed by atoms with E-state index in [9.17, 15) is 9.59 Å². The van der Waals surface area contributed by atoms with Gasteiger partial charge in [0.1, 0.15) is 13.2 Å². The topological polar surface area (TPSA) is 80.3 Å². The first-order valence-electron chi connectivity index (χ1n) is 21.2. The van der Waals surface area contributed by atoms with Gasteiger partial charge in [0, 0.05) is 12.8 Å². The van der Waals surface area contributed by atoms with Gasteiger partial charge in [-0.3, -0.25) is 9.59 Å². The molecule has 0 saturated heterocycles. The van der Waals surface area contributed by atoms with Gasteiger partial charge < -0.3 is 23.7 Å². The maximum absolute atomic E-state index is 11.9. The number of ether oxygens (including phenoxy) is 5. The summed E-state index contributed by atoms with van der Waals surface area (Å²) in [7, 11) is 0. The average molecular weight is 699 g/mol. The molecule has 0 fully saturated rings. The van der Waals surface area contributed by atoms with Crippen molar-refractivity contribution in [2.75, 3.05) is 52.9 Å². The fourth-order valence-corrected chi connectivity index (χ4v) is 6.04. The summed E-state index contributed by atoms with van der Waals surface area (Å²) in [5.74, 6) is -0.257. The van der Waals surface area contributed by atoms with Gasteiger partial charge in [-0.1, -0.05) is 181 Å². The molecule has 0 bridgehead atoms. The number of esters is 2. The summed E-state index contributed by atoms with van der Waals surface area (Å²) < 4.78 is 27.0. The van der Waals surface area contributed by atoms with Gasteiger partial charge in [0.15, 0.2) is 0 Å². The second-order valence-electron chi connectivity index (χ2n) is 14.0. The third-order valence-corrected chi connectivity index (χ3v) is 9.19. The third kappa shape index (κ3) is 42.9. The molecule has 0 aliphatic heterocycles. The highest BCUT2D eigenvalue weighted by Crippen LogP contribution is 2.15. The molecule has 0 spiro atoms. The van der Waals surface area contributed by atoms with Gasteiger partial charge in [-0.05, 0) is 12.8 Å². The summed E-state index contributed by atoms with van der Waals surface area (Å²) in [6.45, 7) is 7.72. The first kappa shape index (κ1) is 47.8. The normalized spacial score (nSPS) is 11.3. The molecule has 7 nitrogen and oxygen atoms in total. The van der Waals surface area contributed by atoms with Crippen molar-refractivity contribution in [1.82, 2.24) is 0 Å². The molecule has 0 radical (unpaired) electrons. The van der Waals surface area contributed by atoms with Crippen LogP contribution in [0.5, 0.6) is 0 Å². The van der Waals surface area contributed by atoms with Crippen LogP contribution in [0.15, 0.2) is 0 Å². The molecular formula is C42H82O7. The molecule has 7 heteroatoms. The number of unbranched alkanes of at least 4 members (excludes halogenated alkanes) is 26. The van der Waals surface area contributed by atoms with Crippen molar-refractivity contribution < 1.29 is 33.3 Å². The molecule has 0 aromatic rings. The molecule has 0 aliphatic carbocycles. The van der Waals surface area contributed by atoms with Gasteiger partial charge in [-0.25, -0.2) is 0 Å². The Morgan fingerprint density at radius 3 is 0.735 bits per heavy atom. The zero-order valence-corrected chi connectivity index (χ0v) is 32.7. The van der Waals surface area contributed by atoms with Crippen LogP contribution in [-0.2, 0) is 33.3 Å². The van der Waals surface area contributed by atoms with Crippen LogP contribution in [0.25, 0.3) is 0 Å². The number of hydrogen-bond acceptors (Lipinski definition) is 7. The Morgan fingerprint density at radius 1 is 0.286 bits per heavy atom. The van der Waals surface area contributed by atoms with Crippen LogP contribution in [0.3, 0.4) is 0 Å². The van der Waals surface area contributed by atoms with Gasteiger partial charge in [-0.2, -0.15) is 0 Å². The minimum atomic E-state index is -0.129. The number of hydrogen-bond donors (Lipinski definition) is 0. The maximum Gasteiger partial charge on any atom is 0.305 e. The smallest absolute Gasteiger partial charge is 0.305 e. The van der Waals surface area contributed by atoms with Crippen molar-refractivity contribution >= 4 is 11.9 Å². The second kappa shape index (κ2) is 43.0. The lowest BCUT2D eigenvalue weighted by Gasteiger charge is -2.08. The predicted octanol–water partition coefficient (Wildman–Crippen LogP) is 11.9. The van der Waals surface area contributed by atoms with Crippen LogP contribution >= 0.6 is 0 Å². The zero-order valence-electron chi connectivity index (χ0n) is 32.7. The highest BCUT2D eigenvalue weighted by atomic mass is 16.6. The van der Waals surface area contributed by atoms with Crippen molar-refractivity contribution in [1.29, 1.82) is 0 Å². The van der Waals surface area contributed by atoms with Crippen LogP contribution in [0.1, 0.15) is 206 Å². The van der Waals surface area contributed by atoms with E-state index in [1.807, 2.05) is 0 Å². The van der Waals surface area contributed by atoms with E-state index in [0.29, 0.717) is 65.7 Å². The monoisotopic (exact) mass is 699 g/mol. The molecule has 0 heterocycles. The number of carbonyl (C=O) groups excluding carboxylic acids is 2. The van der Waals surface area contributed by atoms with Crippen LogP contribution < -0.4 is 0 Å². The van der Waals surface area contributed by atoms with Gasteiger partial charge in [0.25, 0.3) is 0 Å². The van der Waals surface area contributed by atoms with Gasteiger partial charge >= 0.3 is 11.9 Å². The van der Waals surface area contributed by atoms with Crippen molar-refractivity contribution in [3.8, 4) is 0 Å². The quantitative estimate of drug-likeness (QED) is 0.0463. The van der Waals surface area contributed by atoms with E-state index < -0.39 is 0 Å². The van der Waals surface area contributed by atoms with E-state index in [-0.39, 0.29) is 11.9 Å². The molecule has 0 rings (SSSR count). The summed E-state index contributed by atoms with van der Waals surface area (Å²) in [4.78, 5) is 23.8. The van der Waals surface area contributed by atoms with E-state index in [1.165, 1.54) is 154 Å². The van der Waals surface area contributed by atoms with E-state index >= 15 is 0 Å². The summed E-state index contributed by atoms with van der Waals surface area (Å²) in [5.41, 5.74) is 0. The van der Waals surface area contributed by atoms with Gasteiger partial charge in [0.2, 0.25) is 0 Å². The van der Waals surface area contributed by atoms with Gasteiger partial charge in [0.05, 0.1) is 39.6 Å². The van der Waals surface area contributed by atoms with Crippen molar-refractivity contribution in [2.24, 2.45) is 0 Å². The Kier molecular flexibility index (Phi) is 42.0. The summed E-state index contributed by atoms with van der Waals surface area (Å²) in [6, 6.07) is 0. The van der Waals surface area contributed by atoms with Gasteiger partial charge in [-0.15, -0.1) is 0 Å². The van der Waals surface area contributed by atoms with E-state index in [4.69, 9.17) is 23.7 Å². The minimum Gasteiger partial charge on any atom is -0.463 e. The minimum absolute atomic E-state index is 0.128. The molecule has 0 aromatic carbocycles. The third-order valence-electron chi connectivity index (χ3n) is 9.19. The summed E-state index contributed by atoms with van der Waals surface area (Å²) in [6.07, 6.45) is 37.7. The second-order valence-corrected chi connectivity index (χ2v) is 14.0. The molecular weight excluding hydrogens is 616 g/mol. The fourth-order valence-electron chi connectivity index (χ4n) is 6.04. The number of carbonyl (C=O) groups is 2. The predicted molar refractivity (Wildman–Crippen MR) is 204 cm³/mol. The largest absolute Gasteiger partial charge is 0.463 e. The maximum atomic E-state index is 11.9. The Hall–Kier alpha value is -1.18. The molecule has 292 valence electrons. The average Bonchev–Trinajstić information content (AvgIpc) is 3.10. The lowest BCUT2D eigenvalue weighted by Crippen LogP contribution is -2.15. The standard InChI is InChI=1S/C42H82O7/c1-3-5-7-9-11-13-15-17-18-20-22-24-26-28-30-32-42(44)49-40-38-47-36-34-45-33-35-46-37-39-48-41(43)31-29-27-25-23-21-19-16-14-12-10-8-6-4-2/h3-40H2,1-2H3. The van der Waals surface area contributed by atoms with Crippen molar-refractivity contribution in [2.45, 2.75) is 206 Å². The van der Waals surface area contributed by atoms with Crippen LogP contribution in [0.4, 0.5) is 0 Å². The zero-order chi connectivity index (χ0) is 35.6. The SMILES string of the molecule is CCCCCCCCCCCCCCCCCC(=O)OCCOCCOCCOCCOC(=O)CCCCCCCCCCCCCCC. The van der Waals surface area contributed by atoms with Crippen LogP contribution in [0, 0.1) is 0 Å². The van der Waals surface area contributed by atoms with E-state index in [2.05, 4.69) is 13.8 Å². The van der Waals surface area contributed by atoms with Crippen molar-refractivity contribution in [3.05, 3.63) is 0 Å². The Labute approximate surface area is 304 Å². The molecule has 0 unspecified atom stereocenters. The molecule has 0 N–H and O–H groups in total. The molecule has 49 heavy (non-hydrogen) atoms. The Morgan fingerprint density at radius 2 is 0.490 bits per heavy atom. The number of rotatable bonds is 42. The molecule has 0 atom stereocenters. The fraction of sp³-hybridized carbons (Fsp3) is 0.952. The Bertz CT molecular complexity index is 657. The molecule has 0 amide bonds. The van der Waals surface area contributed by atoms with Crippen molar-refractivity contribution in [3.63, 3.8) is 0 Å². The highest BCUT2D eigenvalue weighted by molar-refractivity contribution is 5.69. The van der Waals surface area contributed by atoms with E-state index in [0.717, 1.165) is 25.7 Å². The lowest BCUT2D eigenvalue weighted by atomic mass is 10.0. The lowest BCUT2D eigenvalue weighted by molar-refractivity contribution is -0.146. The molecule has 0 aliphatic rings. The first-order chi connectivity index (χ1) is 24.2. The first-order valence-corrected chi connectivity index (χ1v) is 21.2. The van der Waals surface area contributed by atoms with E-state index in [1.54, 1.807) is 0 Å². The summed E-state index contributed by atoms with van der Waals surface area (Å²) >= 11 is 0. The molecule has 0 aromatic heterocycles. The van der Waals surface area contributed by atoms with Crippen LogP contribution in [0.2, 0.25) is 0 Å². The van der Waals surface area contributed by atoms with Crippen LogP contribution in [-0.4, -0.2) is 64.8 Å². The Balaban J connectivity index is 3.22. The summed E-state index contributed by atoms with van der Waals surface area (Å²) in [5, 5.41) is 0.